The molecule has 3 atom stereocenters. The number of alkyl carbamates (subject to hydrolysis) is 2. The number of carbonyl (C=O) groups is 5. The molecule has 9 heterocycles. The number of carbonyl (C=O) groups excluding carboxylic acids is 4. The SMILES string of the molecule is CC(C)(C)OC(=O)NCCCCCCCCN.Cc1sc2c(c1C)C(c1ccc(Cl)cc1)=N[C@@H](CC(=O)NCCCCCCCCN)c1nnc(C)n1-2.Cc1sc2c(c1C)C(c1ccc(Cl)cc1)=N[C@@H](CC(=O)NCCCCCCCCNC(=O)OC(C)(C)C)c1nnc(C)n1-2.Cc1sc2c(c1C)C(c1ccc(Cl)cc1)=N[C@@H](CC(=O)O)c1nnc(C)n1-2. The van der Waals surface area contributed by atoms with Crippen LogP contribution in [0.25, 0.3) is 15.0 Å². The van der Waals surface area contributed by atoms with Gasteiger partial charge in [-0.05, 0) is 209 Å². The minimum Gasteiger partial charge on any atom is -0.481 e. The van der Waals surface area contributed by atoms with E-state index in [0.717, 1.165) is 184 Å². The van der Waals surface area contributed by atoms with Crippen LogP contribution in [0.5, 0.6) is 0 Å². The zero-order valence-corrected chi connectivity index (χ0v) is 78.7. The van der Waals surface area contributed by atoms with Crippen LogP contribution in [0, 0.1) is 62.3 Å². The van der Waals surface area contributed by atoms with E-state index in [9.17, 15) is 29.1 Å². The van der Waals surface area contributed by atoms with Crippen molar-refractivity contribution in [1.82, 2.24) is 65.6 Å². The first kappa shape index (κ1) is 97.7. The first-order valence-corrected chi connectivity index (χ1v) is 46.4. The van der Waals surface area contributed by atoms with Gasteiger partial charge in [0.15, 0.2) is 17.5 Å². The van der Waals surface area contributed by atoms with Crippen molar-refractivity contribution in [2.45, 2.75) is 268 Å². The Bertz CT molecular complexity index is 5120. The lowest BCUT2D eigenvalue weighted by atomic mass is 9.99. The van der Waals surface area contributed by atoms with Gasteiger partial charge in [-0.2, -0.15) is 0 Å². The highest BCUT2D eigenvalue weighted by atomic mass is 35.5. The zero-order chi connectivity index (χ0) is 89.2. The number of carboxylic acid groups (broad SMARTS) is 1. The number of aromatic nitrogens is 9. The van der Waals surface area contributed by atoms with Gasteiger partial charge in [0.25, 0.3) is 0 Å². The highest BCUT2D eigenvalue weighted by Gasteiger charge is 2.37. The van der Waals surface area contributed by atoms with Crippen molar-refractivity contribution in [2.75, 3.05) is 39.3 Å². The number of halogens is 3. The second kappa shape index (κ2) is 46.8. The highest BCUT2D eigenvalue weighted by molar-refractivity contribution is 7.16. The van der Waals surface area contributed by atoms with Crippen LogP contribution in [0.1, 0.15) is 294 Å². The van der Waals surface area contributed by atoms with Crippen LogP contribution in [0.15, 0.2) is 87.8 Å². The van der Waals surface area contributed by atoms with Crippen molar-refractivity contribution in [1.29, 1.82) is 0 Å². The van der Waals surface area contributed by atoms with E-state index in [-0.39, 0.29) is 43.3 Å². The molecule has 9 aromatic rings. The fourth-order valence-corrected chi connectivity index (χ4v) is 18.5. The molecule has 6 aromatic heterocycles. The van der Waals surface area contributed by atoms with Crippen LogP contribution in [0.4, 0.5) is 9.59 Å². The molecule has 0 unspecified atom stereocenters. The van der Waals surface area contributed by atoms with Crippen LogP contribution in [-0.2, 0) is 23.9 Å². The first-order valence-electron chi connectivity index (χ1n) is 42.8. The third-order valence-electron chi connectivity index (χ3n) is 21.0. The Hall–Kier alpha value is -9.07. The number of benzene rings is 3. The standard InChI is InChI=1S/C32H43ClN6O3S.C27H35ClN6OS.C19H17ClN4O2S.C13H28N2O2/c1-20-21(2)43-30-27(20)28(23-13-15-24(33)16-14-23)36-25(29-38-37-22(3)39(29)30)19-26(40)34-17-11-9-7-8-10-12-18-35-31(41)42-32(4,5)6;1-17-18(2)36-27-24(17)25(20-10-12-21(28)13-11-20)31-22(26-33-32-19(3)34(26)27)16-23(35)30-15-9-7-5-4-6-8-14-29;1-9-10(2)27-19-16(9)17(12-4-6-13(20)7-5-12)21-14(8-15(25)26)18-23-22-11(3)24(18)19;1-13(2,3)17-12(16)15-11-9-7-5-4-6-8-10-14/h13-16,25H,7-12,17-19H2,1-6H3,(H,34,40)(H,35,41);10-13,22H,4-9,14-16,29H2,1-3H3,(H,30,35);4-7,14H,8H2,1-3H3,(H,25,26);4-11,14H2,1-3H3,(H,15,16)/t25-;22-;14-;/m000./s1. The molecule has 0 radical (unpaired) electrons. The number of amides is 4. The van der Waals surface area contributed by atoms with Gasteiger partial charge in [-0.1, -0.05) is 148 Å². The van der Waals surface area contributed by atoms with E-state index in [0.29, 0.717) is 58.7 Å². The molecule has 32 heteroatoms. The van der Waals surface area contributed by atoms with Crippen molar-refractivity contribution in [2.24, 2.45) is 26.4 Å². The fourth-order valence-electron chi connectivity index (χ4n) is 14.4. The van der Waals surface area contributed by atoms with Gasteiger partial charge in [0.05, 0.1) is 36.4 Å². The lowest BCUT2D eigenvalue weighted by Crippen LogP contribution is -2.33. The molecule has 4 amide bonds. The molecule has 0 aliphatic carbocycles. The molecule has 0 spiro atoms. The Balaban J connectivity index is 0.000000195. The largest absolute Gasteiger partial charge is 0.481 e. The number of unbranched alkanes of at least 4 members (excludes halogenated alkanes) is 15. The number of ether oxygens (including phenoxy) is 2. The number of rotatable bonds is 34. The Labute approximate surface area is 751 Å². The van der Waals surface area contributed by atoms with Crippen molar-refractivity contribution >= 4 is 116 Å². The van der Waals surface area contributed by atoms with Crippen LogP contribution in [-0.4, -0.2) is 147 Å². The second-order valence-electron chi connectivity index (χ2n) is 33.2. The molecule has 3 aliphatic rings. The third-order valence-corrected chi connectivity index (χ3v) is 25.4. The Morgan fingerprint density at radius 3 is 0.894 bits per heavy atom. The number of aryl methyl sites for hydroxylation is 6. The molecule has 12 rings (SSSR count). The molecule has 0 saturated carbocycles. The summed E-state index contributed by atoms with van der Waals surface area (Å²) in [7, 11) is 0. The summed E-state index contributed by atoms with van der Waals surface area (Å²) in [6.07, 6.45) is 19.4. The number of aliphatic carboxylic acids is 1. The van der Waals surface area contributed by atoms with E-state index in [1.165, 1.54) is 58.7 Å². The topological polar surface area (TPSA) is 353 Å². The molecule has 9 N–H and O–H groups in total. The summed E-state index contributed by atoms with van der Waals surface area (Å²) < 4.78 is 16.5. The molecule has 0 fully saturated rings. The van der Waals surface area contributed by atoms with E-state index in [1.807, 2.05) is 140 Å². The van der Waals surface area contributed by atoms with Crippen molar-refractivity contribution in [3.63, 3.8) is 0 Å². The predicted octanol–water partition coefficient (Wildman–Crippen LogP) is 19.9. The van der Waals surface area contributed by atoms with Crippen molar-refractivity contribution in [3.8, 4) is 15.0 Å². The summed E-state index contributed by atoms with van der Waals surface area (Å²) >= 11 is 23.5. The van der Waals surface area contributed by atoms with Crippen LogP contribution in [0.2, 0.25) is 15.1 Å². The van der Waals surface area contributed by atoms with E-state index >= 15 is 0 Å². The van der Waals surface area contributed by atoms with Gasteiger partial charge in [0.1, 0.15) is 61.8 Å². The molecule has 26 nitrogen and oxygen atoms in total. The number of aliphatic imine (C=N–C) groups is 3. The third kappa shape index (κ3) is 28.0. The average molecular weight is 1800 g/mol. The van der Waals surface area contributed by atoms with E-state index in [4.69, 9.17) is 70.7 Å². The van der Waals surface area contributed by atoms with E-state index in [2.05, 4.69) is 103 Å². The summed E-state index contributed by atoms with van der Waals surface area (Å²) in [5.41, 5.74) is 22.0. The van der Waals surface area contributed by atoms with Crippen molar-refractivity contribution in [3.05, 3.63) is 188 Å². The smallest absolute Gasteiger partial charge is 0.407 e. The number of nitrogens with zero attached hydrogens (tertiary/aromatic N) is 12. The van der Waals surface area contributed by atoms with Gasteiger partial charge in [0, 0.05) is 89.3 Å². The fraction of sp³-hybridized carbons (Fsp3) is 0.516. The maximum absolute atomic E-state index is 13.1. The minimum absolute atomic E-state index is 0.0206. The summed E-state index contributed by atoms with van der Waals surface area (Å²) in [5.74, 6) is 3.22. The number of hydrogen-bond acceptors (Lipinski definition) is 21. The molecule has 664 valence electrons. The molecule has 3 aromatic carbocycles. The maximum atomic E-state index is 13.1. The Morgan fingerprint density at radius 2 is 0.634 bits per heavy atom. The van der Waals surface area contributed by atoms with Gasteiger partial charge in [-0.15, -0.1) is 64.6 Å². The second-order valence-corrected chi connectivity index (χ2v) is 38.1. The normalized spacial score (nSPS) is 14.3. The van der Waals surface area contributed by atoms with Crippen LogP contribution >= 0.6 is 68.8 Å². The van der Waals surface area contributed by atoms with E-state index in [1.54, 1.807) is 34.0 Å². The average Bonchev–Trinajstić information content (AvgIpc) is 1.60. The maximum Gasteiger partial charge on any atom is 0.407 e. The summed E-state index contributed by atoms with van der Waals surface area (Å²) in [4.78, 5) is 79.3. The lowest BCUT2D eigenvalue weighted by Gasteiger charge is -2.19. The van der Waals surface area contributed by atoms with Crippen molar-refractivity contribution < 1.29 is 38.6 Å². The van der Waals surface area contributed by atoms with Gasteiger partial charge in [-0.3, -0.25) is 43.1 Å². The number of carboxylic acids is 1. The lowest BCUT2D eigenvalue weighted by molar-refractivity contribution is -0.137. The number of nitrogens with one attached hydrogen (secondary N) is 4. The van der Waals surface area contributed by atoms with Crippen LogP contribution < -0.4 is 32.7 Å². The number of hydrogen-bond donors (Lipinski definition) is 7. The highest BCUT2D eigenvalue weighted by Crippen LogP contribution is 2.44. The molecule has 0 saturated heterocycles. The molecular weight excluding hydrogens is 1680 g/mol. The van der Waals surface area contributed by atoms with Gasteiger partial charge in [0.2, 0.25) is 11.8 Å². The van der Waals surface area contributed by atoms with Gasteiger partial charge < -0.3 is 47.3 Å². The quantitative estimate of drug-likeness (QED) is 0.0184. The zero-order valence-electron chi connectivity index (χ0n) is 73.9. The summed E-state index contributed by atoms with van der Waals surface area (Å²) in [6.45, 7) is 33.7. The molecule has 0 bridgehead atoms. The predicted molar refractivity (Wildman–Crippen MR) is 497 cm³/mol. The Kier molecular flexibility index (Phi) is 37.2. The molecule has 3 aliphatic heterocycles. The van der Waals surface area contributed by atoms with Gasteiger partial charge >= 0.3 is 18.2 Å². The Morgan fingerprint density at radius 1 is 0.382 bits per heavy atom. The molecular formula is C91H123Cl3N18O8S3. The summed E-state index contributed by atoms with van der Waals surface area (Å²) in [5, 5.41) is 52.3. The van der Waals surface area contributed by atoms with Crippen LogP contribution in [0.3, 0.4) is 0 Å². The molecule has 123 heavy (non-hydrogen) atoms. The summed E-state index contributed by atoms with van der Waals surface area (Å²) in [6, 6.07) is 21.3. The minimum atomic E-state index is -0.926. The first-order chi connectivity index (χ1) is 58.7. The number of fused-ring (bicyclic) bond motifs is 9. The van der Waals surface area contributed by atoms with Gasteiger partial charge in [-0.25, -0.2) is 9.59 Å². The number of nitrogens with two attached hydrogens (primary N) is 2. The number of thiophene rings is 3. The monoisotopic (exact) mass is 1800 g/mol. The van der Waals surface area contributed by atoms with E-state index < -0.39 is 35.3 Å².